The first-order valence-electron chi connectivity index (χ1n) is 11.2. The van der Waals surface area contributed by atoms with Gasteiger partial charge in [0.15, 0.2) is 0 Å². The Hall–Kier alpha value is -4.00. The van der Waals surface area contributed by atoms with Gasteiger partial charge in [-0.3, -0.25) is 14.5 Å². The molecule has 3 aromatic rings. The van der Waals surface area contributed by atoms with Crippen LogP contribution in [0.5, 0.6) is 0 Å². The Morgan fingerprint density at radius 1 is 0.824 bits per heavy atom. The van der Waals surface area contributed by atoms with Crippen molar-refractivity contribution in [2.75, 3.05) is 13.1 Å². The van der Waals surface area contributed by atoms with E-state index in [1.165, 1.54) is 12.1 Å². The molecule has 34 heavy (non-hydrogen) atoms. The van der Waals surface area contributed by atoms with Gasteiger partial charge in [0.05, 0.1) is 0 Å². The van der Waals surface area contributed by atoms with Crippen molar-refractivity contribution in [3.05, 3.63) is 107 Å². The topological polar surface area (TPSA) is 78.5 Å². The van der Waals surface area contributed by atoms with E-state index < -0.39 is 23.4 Å². The molecule has 6 nitrogen and oxygen atoms in total. The molecule has 0 radical (unpaired) electrons. The average molecular weight is 460 g/mol. The lowest BCUT2D eigenvalue weighted by atomic mass is 9.84. The van der Waals surface area contributed by atoms with Gasteiger partial charge < -0.3 is 10.6 Å². The molecule has 0 spiro atoms. The monoisotopic (exact) mass is 459 g/mol. The number of nitrogens with one attached hydrogen (secondary N) is 2. The Morgan fingerprint density at radius 2 is 1.38 bits per heavy atom. The van der Waals surface area contributed by atoms with E-state index >= 15 is 0 Å². The summed E-state index contributed by atoms with van der Waals surface area (Å²) in [6.07, 6.45) is 1.14. The summed E-state index contributed by atoms with van der Waals surface area (Å²) in [7, 11) is 0. The number of benzene rings is 3. The zero-order valence-electron chi connectivity index (χ0n) is 18.7. The number of hydrogen-bond acceptors (Lipinski definition) is 3. The first-order chi connectivity index (χ1) is 16.4. The van der Waals surface area contributed by atoms with Crippen LogP contribution < -0.4 is 10.6 Å². The molecule has 1 saturated heterocycles. The molecule has 0 aromatic heterocycles. The lowest BCUT2D eigenvalue weighted by Crippen LogP contribution is -2.51. The van der Waals surface area contributed by atoms with Crippen LogP contribution in [-0.4, -0.2) is 41.4 Å². The number of carbonyl (C=O) groups excluding carboxylic acids is 3. The summed E-state index contributed by atoms with van der Waals surface area (Å²) in [6.45, 7) is -0.0489. The third kappa shape index (κ3) is 5.49. The van der Waals surface area contributed by atoms with Crippen LogP contribution in [0.4, 0.5) is 9.18 Å². The lowest BCUT2D eigenvalue weighted by Gasteiger charge is -2.27. The number of halogens is 1. The fraction of sp³-hybridized carbons (Fsp3) is 0.222. The maximum absolute atomic E-state index is 13.5. The zero-order valence-corrected chi connectivity index (χ0v) is 18.7. The van der Waals surface area contributed by atoms with Crippen LogP contribution in [0.3, 0.4) is 0 Å². The highest BCUT2D eigenvalue weighted by Crippen LogP contribution is 2.27. The number of imide groups is 1. The van der Waals surface area contributed by atoms with Gasteiger partial charge in [0, 0.05) is 19.4 Å². The highest BCUT2D eigenvalue weighted by molar-refractivity contribution is 6.09. The molecule has 0 bridgehead atoms. The fourth-order valence-electron chi connectivity index (χ4n) is 4.21. The SMILES string of the molecule is O=C(CN1C(=O)NC(Cc2ccccc2)(Cc2ccccc2)C1=O)NCCc1ccc(F)cc1. The van der Waals surface area contributed by atoms with Crippen molar-refractivity contribution >= 4 is 17.8 Å². The molecular formula is C27H26FN3O3. The second-order valence-corrected chi connectivity index (χ2v) is 8.45. The summed E-state index contributed by atoms with van der Waals surface area (Å²) < 4.78 is 13.0. The van der Waals surface area contributed by atoms with Crippen LogP contribution in [0, 0.1) is 5.82 Å². The van der Waals surface area contributed by atoms with Crippen molar-refractivity contribution in [2.24, 2.45) is 0 Å². The highest BCUT2D eigenvalue weighted by Gasteiger charge is 2.51. The molecule has 7 heteroatoms. The zero-order chi connectivity index (χ0) is 24.0. The van der Waals surface area contributed by atoms with Crippen LogP contribution in [-0.2, 0) is 28.9 Å². The predicted molar refractivity (Wildman–Crippen MR) is 126 cm³/mol. The highest BCUT2D eigenvalue weighted by atomic mass is 19.1. The van der Waals surface area contributed by atoms with Crippen molar-refractivity contribution in [3.63, 3.8) is 0 Å². The molecule has 1 aliphatic rings. The molecule has 0 unspecified atom stereocenters. The molecule has 1 heterocycles. The largest absolute Gasteiger partial charge is 0.354 e. The van der Waals surface area contributed by atoms with Crippen LogP contribution >= 0.6 is 0 Å². The Balaban J connectivity index is 1.44. The van der Waals surface area contributed by atoms with Gasteiger partial charge in [-0.15, -0.1) is 0 Å². The van der Waals surface area contributed by atoms with E-state index in [9.17, 15) is 18.8 Å². The number of nitrogens with zero attached hydrogens (tertiary/aromatic N) is 1. The number of rotatable bonds is 9. The first kappa shape index (κ1) is 23.2. The van der Waals surface area contributed by atoms with Gasteiger partial charge in [0.1, 0.15) is 17.9 Å². The van der Waals surface area contributed by atoms with Gasteiger partial charge in [-0.1, -0.05) is 72.8 Å². The van der Waals surface area contributed by atoms with E-state index in [0.29, 0.717) is 25.8 Å². The van der Waals surface area contributed by atoms with E-state index in [1.807, 2.05) is 60.7 Å². The van der Waals surface area contributed by atoms with Crippen LogP contribution in [0.15, 0.2) is 84.9 Å². The average Bonchev–Trinajstić information content (AvgIpc) is 3.05. The maximum Gasteiger partial charge on any atom is 0.325 e. The minimum Gasteiger partial charge on any atom is -0.354 e. The van der Waals surface area contributed by atoms with Crippen LogP contribution in [0.2, 0.25) is 0 Å². The second-order valence-electron chi connectivity index (χ2n) is 8.45. The quantitative estimate of drug-likeness (QED) is 0.482. The molecule has 3 aromatic carbocycles. The van der Waals surface area contributed by atoms with Crippen molar-refractivity contribution in [1.29, 1.82) is 0 Å². The fourth-order valence-corrected chi connectivity index (χ4v) is 4.21. The van der Waals surface area contributed by atoms with Crippen LogP contribution in [0.1, 0.15) is 16.7 Å². The maximum atomic E-state index is 13.5. The molecule has 0 atom stereocenters. The second kappa shape index (κ2) is 10.3. The van der Waals surface area contributed by atoms with E-state index in [1.54, 1.807) is 12.1 Å². The third-order valence-electron chi connectivity index (χ3n) is 5.89. The van der Waals surface area contributed by atoms with E-state index in [2.05, 4.69) is 10.6 Å². The molecule has 1 aliphatic heterocycles. The van der Waals surface area contributed by atoms with Gasteiger partial charge in [0.25, 0.3) is 5.91 Å². The summed E-state index contributed by atoms with van der Waals surface area (Å²) in [4.78, 5) is 39.9. The number of amides is 4. The van der Waals surface area contributed by atoms with Gasteiger partial charge in [0.2, 0.25) is 5.91 Å². The lowest BCUT2D eigenvalue weighted by molar-refractivity contribution is -0.135. The van der Waals surface area contributed by atoms with Crippen molar-refractivity contribution < 1.29 is 18.8 Å². The molecule has 0 aliphatic carbocycles. The van der Waals surface area contributed by atoms with Crippen molar-refractivity contribution in [1.82, 2.24) is 15.5 Å². The van der Waals surface area contributed by atoms with E-state index in [-0.39, 0.29) is 12.4 Å². The molecule has 0 saturated carbocycles. The molecular weight excluding hydrogens is 433 g/mol. The summed E-state index contributed by atoms with van der Waals surface area (Å²) in [5.74, 6) is -1.17. The smallest absolute Gasteiger partial charge is 0.325 e. The summed E-state index contributed by atoms with van der Waals surface area (Å²) in [5.41, 5.74) is 1.53. The molecule has 2 N–H and O–H groups in total. The minimum absolute atomic E-state index is 0.313. The van der Waals surface area contributed by atoms with Gasteiger partial charge >= 0.3 is 6.03 Å². The number of hydrogen-bond donors (Lipinski definition) is 2. The molecule has 4 rings (SSSR count). The van der Waals surface area contributed by atoms with Gasteiger partial charge in [-0.2, -0.15) is 0 Å². The molecule has 174 valence electrons. The Labute approximate surface area is 197 Å². The molecule has 1 fully saturated rings. The first-order valence-corrected chi connectivity index (χ1v) is 11.2. The summed E-state index contributed by atoms with van der Waals surface area (Å²) in [5, 5.41) is 5.61. The third-order valence-corrected chi connectivity index (χ3v) is 5.89. The van der Waals surface area contributed by atoms with Crippen LogP contribution in [0.25, 0.3) is 0 Å². The predicted octanol–water partition coefficient (Wildman–Crippen LogP) is 3.26. The van der Waals surface area contributed by atoms with Crippen molar-refractivity contribution in [2.45, 2.75) is 24.8 Å². The Bertz CT molecular complexity index is 1110. The van der Waals surface area contributed by atoms with E-state index in [0.717, 1.165) is 21.6 Å². The van der Waals surface area contributed by atoms with Gasteiger partial charge in [-0.05, 0) is 35.2 Å². The number of carbonyl (C=O) groups is 3. The normalized spacial score (nSPS) is 14.7. The summed E-state index contributed by atoms with van der Waals surface area (Å²) in [6, 6.07) is 24.5. The molecule has 4 amide bonds. The minimum atomic E-state index is -1.17. The Morgan fingerprint density at radius 3 is 1.94 bits per heavy atom. The number of urea groups is 1. The van der Waals surface area contributed by atoms with E-state index in [4.69, 9.17) is 0 Å². The standard InChI is InChI=1S/C27H26FN3O3/c28-23-13-11-20(12-14-23)15-16-29-24(32)19-31-25(33)27(30-26(31)34,17-21-7-3-1-4-8-21)18-22-9-5-2-6-10-22/h1-14H,15-19H2,(H,29,32)(H,30,34). The Kier molecular flexibility index (Phi) is 7.01. The van der Waals surface area contributed by atoms with Gasteiger partial charge in [-0.25, -0.2) is 9.18 Å². The van der Waals surface area contributed by atoms with Crippen molar-refractivity contribution in [3.8, 4) is 0 Å². The summed E-state index contributed by atoms with van der Waals surface area (Å²) >= 11 is 0.